The molecule has 2 unspecified atom stereocenters. The Hall–Kier alpha value is -0.320. The van der Waals surface area contributed by atoms with E-state index in [1.54, 1.807) is 0 Å². The lowest BCUT2D eigenvalue weighted by atomic mass is 10.2. The number of ether oxygens (including phenoxy) is 4. The van der Waals surface area contributed by atoms with Gasteiger partial charge >= 0.3 is 0 Å². The molecule has 0 spiro atoms. The maximum atomic E-state index is 9.54. The zero-order valence-corrected chi connectivity index (χ0v) is 11.4. The first kappa shape index (κ1) is 17.7. The highest BCUT2D eigenvalue weighted by atomic mass is 16.7. The maximum Gasteiger partial charge on any atom is 0.180 e. The largest absolute Gasteiger partial charge is 0.396 e. The minimum atomic E-state index is -0.938. The monoisotopic (exact) mass is 296 g/mol. The van der Waals surface area contributed by atoms with E-state index in [0.717, 1.165) is 0 Å². The molecule has 1 rings (SSSR count). The SMILES string of the molecule is OCC(O)COCC(O)COCC1OCC(CO)CO1. The molecule has 2 atom stereocenters. The lowest BCUT2D eigenvalue weighted by molar-refractivity contribution is -0.227. The van der Waals surface area contributed by atoms with Crippen molar-refractivity contribution in [2.24, 2.45) is 5.92 Å². The van der Waals surface area contributed by atoms with Gasteiger partial charge < -0.3 is 39.4 Å². The summed E-state index contributed by atoms with van der Waals surface area (Å²) in [6.07, 6.45) is -2.25. The highest BCUT2D eigenvalue weighted by Gasteiger charge is 2.21. The van der Waals surface area contributed by atoms with Crippen LogP contribution in [-0.4, -0.2) is 91.8 Å². The van der Waals surface area contributed by atoms with Crippen LogP contribution in [0.5, 0.6) is 0 Å². The third-order valence-electron chi connectivity index (χ3n) is 2.69. The summed E-state index contributed by atoms with van der Waals surface area (Å²) in [4.78, 5) is 0. The standard InChI is InChI=1S/C12H24O8/c13-1-9-3-19-12(20-4-9)8-18-7-11(16)6-17-5-10(15)2-14/h9-16H,1-8H2. The molecule has 4 N–H and O–H groups in total. The molecule has 0 amide bonds. The molecule has 0 aromatic carbocycles. The molecule has 1 aliphatic rings. The summed E-state index contributed by atoms with van der Waals surface area (Å²) in [6.45, 7) is 0.725. The fourth-order valence-electron chi connectivity index (χ4n) is 1.53. The number of rotatable bonds is 10. The molecule has 8 heteroatoms. The van der Waals surface area contributed by atoms with E-state index in [9.17, 15) is 5.11 Å². The van der Waals surface area contributed by atoms with Crippen molar-refractivity contribution >= 4 is 0 Å². The van der Waals surface area contributed by atoms with E-state index < -0.39 is 18.5 Å². The fourth-order valence-corrected chi connectivity index (χ4v) is 1.53. The summed E-state index contributed by atoms with van der Waals surface area (Å²) < 4.78 is 20.8. The number of aliphatic hydroxyl groups excluding tert-OH is 4. The minimum Gasteiger partial charge on any atom is -0.396 e. The van der Waals surface area contributed by atoms with Gasteiger partial charge in [-0.3, -0.25) is 0 Å². The third-order valence-corrected chi connectivity index (χ3v) is 2.69. The van der Waals surface area contributed by atoms with Crippen LogP contribution >= 0.6 is 0 Å². The smallest absolute Gasteiger partial charge is 0.180 e. The van der Waals surface area contributed by atoms with Gasteiger partial charge in [0.2, 0.25) is 0 Å². The van der Waals surface area contributed by atoms with E-state index in [2.05, 4.69) is 0 Å². The second-order valence-electron chi connectivity index (χ2n) is 4.71. The Morgan fingerprint density at radius 3 is 2.15 bits per heavy atom. The third kappa shape index (κ3) is 7.46. The molecule has 1 saturated heterocycles. The Bertz CT molecular complexity index is 231. The van der Waals surface area contributed by atoms with Gasteiger partial charge in [-0.15, -0.1) is 0 Å². The predicted octanol–water partition coefficient (Wildman–Crippen LogP) is -2.28. The van der Waals surface area contributed by atoms with Crippen molar-refractivity contribution < 1.29 is 39.4 Å². The summed E-state index contributed by atoms with van der Waals surface area (Å²) in [5.74, 6) is 0.00296. The van der Waals surface area contributed by atoms with Crippen molar-refractivity contribution in [1.82, 2.24) is 0 Å². The van der Waals surface area contributed by atoms with Crippen LogP contribution in [0.15, 0.2) is 0 Å². The van der Waals surface area contributed by atoms with Gasteiger partial charge in [0, 0.05) is 5.92 Å². The summed E-state index contributed by atoms with van der Waals surface area (Å²) >= 11 is 0. The lowest BCUT2D eigenvalue weighted by Crippen LogP contribution is -2.37. The van der Waals surface area contributed by atoms with Crippen LogP contribution in [0.4, 0.5) is 0 Å². The summed E-state index contributed by atoms with van der Waals surface area (Å²) in [7, 11) is 0. The van der Waals surface area contributed by atoms with Crippen LogP contribution < -0.4 is 0 Å². The first-order chi connectivity index (χ1) is 9.65. The van der Waals surface area contributed by atoms with Gasteiger partial charge in [0.15, 0.2) is 6.29 Å². The molecule has 0 aromatic rings. The fraction of sp³-hybridized carbons (Fsp3) is 1.00. The average Bonchev–Trinajstić information content (AvgIpc) is 2.47. The summed E-state index contributed by atoms with van der Waals surface area (Å²) in [5, 5.41) is 36.0. The zero-order chi connectivity index (χ0) is 14.8. The summed E-state index contributed by atoms with van der Waals surface area (Å²) in [6, 6.07) is 0. The molecule has 1 aliphatic heterocycles. The van der Waals surface area contributed by atoms with Crippen LogP contribution in [-0.2, 0) is 18.9 Å². The quantitative estimate of drug-likeness (QED) is 0.356. The van der Waals surface area contributed by atoms with Gasteiger partial charge in [-0.2, -0.15) is 0 Å². The van der Waals surface area contributed by atoms with E-state index in [-0.39, 0.29) is 45.6 Å². The summed E-state index contributed by atoms with van der Waals surface area (Å²) in [5.41, 5.74) is 0. The van der Waals surface area contributed by atoms with Crippen molar-refractivity contribution in [3.63, 3.8) is 0 Å². The molecular weight excluding hydrogens is 272 g/mol. The Morgan fingerprint density at radius 2 is 1.55 bits per heavy atom. The van der Waals surface area contributed by atoms with Gasteiger partial charge in [-0.25, -0.2) is 0 Å². The Balaban J connectivity index is 1.98. The molecule has 120 valence electrons. The van der Waals surface area contributed by atoms with Crippen LogP contribution in [0, 0.1) is 5.92 Å². The van der Waals surface area contributed by atoms with E-state index in [4.69, 9.17) is 34.3 Å². The normalized spacial score (nSPS) is 26.4. The van der Waals surface area contributed by atoms with Gasteiger partial charge in [0.05, 0.1) is 52.9 Å². The minimum absolute atomic E-state index is 0.00296. The van der Waals surface area contributed by atoms with Crippen LogP contribution in [0.3, 0.4) is 0 Å². The Kier molecular flexibility index (Phi) is 9.23. The van der Waals surface area contributed by atoms with E-state index in [0.29, 0.717) is 13.2 Å². The topological polar surface area (TPSA) is 118 Å². The Labute approximate surface area is 117 Å². The molecule has 0 aromatic heterocycles. The second kappa shape index (κ2) is 10.4. The van der Waals surface area contributed by atoms with E-state index in [1.807, 2.05) is 0 Å². The number of hydrogen-bond acceptors (Lipinski definition) is 8. The molecule has 8 nitrogen and oxygen atoms in total. The van der Waals surface area contributed by atoms with Crippen molar-refractivity contribution in [3.05, 3.63) is 0 Å². The molecule has 0 aliphatic carbocycles. The van der Waals surface area contributed by atoms with E-state index in [1.165, 1.54) is 0 Å². The predicted molar refractivity (Wildman–Crippen MR) is 67.0 cm³/mol. The van der Waals surface area contributed by atoms with Gasteiger partial charge in [0.25, 0.3) is 0 Å². The lowest BCUT2D eigenvalue weighted by Gasteiger charge is -2.28. The molecule has 1 fully saturated rings. The van der Waals surface area contributed by atoms with Crippen LogP contribution in [0.1, 0.15) is 0 Å². The van der Waals surface area contributed by atoms with Gasteiger partial charge in [-0.05, 0) is 0 Å². The Morgan fingerprint density at radius 1 is 0.950 bits per heavy atom. The first-order valence-corrected chi connectivity index (χ1v) is 6.62. The first-order valence-electron chi connectivity index (χ1n) is 6.62. The zero-order valence-electron chi connectivity index (χ0n) is 11.4. The molecule has 0 saturated carbocycles. The average molecular weight is 296 g/mol. The second-order valence-corrected chi connectivity index (χ2v) is 4.71. The van der Waals surface area contributed by atoms with Crippen LogP contribution in [0.25, 0.3) is 0 Å². The molecule has 0 bridgehead atoms. The van der Waals surface area contributed by atoms with Crippen molar-refractivity contribution in [1.29, 1.82) is 0 Å². The molecule has 1 heterocycles. The highest BCUT2D eigenvalue weighted by molar-refractivity contribution is 4.62. The van der Waals surface area contributed by atoms with Gasteiger partial charge in [-0.1, -0.05) is 0 Å². The molecule has 20 heavy (non-hydrogen) atoms. The van der Waals surface area contributed by atoms with Crippen molar-refractivity contribution in [3.8, 4) is 0 Å². The molecular formula is C12H24O8. The van der Waals surface area contributed by atoms with Crippen molar-refractivity contribution in [2.75, 3.05) is 52.9 Å². The highest BCUT2D eigenvalue weighted by Crippen LogP contribution is 2.10. The van der Waals surface area contributed by atoms with Crippen LogP contribution in [0.2, 0.25) is 0 Å². The van der Waals surface area contributed by atoms with Crippen molar-refractivity contribution in [2.45, 2.75) is 18.5 Å². The maximum absolute atomic E-state index is 9.54. The van der Waals surface area contributed by atoms with Gasteiger partial charge in [0.1, 0.15) is 12.2 Å². The van der Waals surface area contributed by atoms with E-state index >= 15 is 0 Å². The number of aliphatic hydroxyl groups is 4. The molecule has 0 radical (unpaired) electrons. The number of hydrogen-bond donors (Lipinski definition) is 4.